The van der Waals surface area contributed by atoms with Gasteiger partial charge in [0.15, 0.2) is 0 Å². The van der Waals surface area contributed by atoms with Crippen LogP contribution in [0.15, 0.2) is 11.8 Å². The van der Waals surface area contributed by atoms with Gasteiger partial charge in [-0.1, -0.05) is 0 Å². The lowest BCUT2D eigenvalue weighted by atomic mass is 9.90. The number of hydrogen-bond donors (Lipinski definition) is 0. The fourth-order valence-electron chi connectivity index (χ4n) is 1.50. The number of hydrogen-bond acceptors (Lipinski definition) is 2. The molecule has 0 saturated carbocycles. The van der Waals surface area contributed by atoms with E-state index in [1.807, 2.05) is 6.92 Å². The minimum Gasteiger partial charge on any atom is -0.499 e. The van der Waals surface area contributed by atoms with Crippen molar-refractivity contribution in [2.45, 2.75) is 33.1 Å². The van der Waals surface area contributed by atoms with Gasteiger partial charge in [-0.3, -0.25) is 4.79 Å². The Morgan fingerprint density at radius 1 is 1.75 bits per heavy atom. The first kappa shape index (κ1) is 9.30. The lowest BCUT2D eigenvalue weighted by Crippen LogP contribution is -2.14. The Balaban J connectivity index is 2.42. The molecular formula is C10H16O2. The van der Waals surface area contributed by atoms with E-state index in [2.05, 4.69) is 6.08 Å². The predicted molar refractivity (Wildman–Crippen MR) is 47.7 cm³/mol. The van der Waals surface area contributed by atoms with E-state index in [0.29, 0.717) is 5.78 Å². The van der Waals surface area contributed by atoms with E-state index >= 15 is 0 Å². The Kier molecular flexibility index (Phi) is 3.32. The number of carbonyl (C=O) groups is 1. The van der Waals surface area contributed by atoms with E-state index in [1.54, 1.807) is 6.92 Å². The first-order chi connectivity index (χ1) is 5.74. The summed E-state index contributed by atoms with van der Waals surface area (Å²) in [6, 6.07) is 0. The van der Waals surface area contributed by atoms with Gasteiger partial charge in [0.05, 0.1) is 12.4 Å². The van der Waals surface area contributed by atoms with Crippen LogP contribution < -0.4 is 0 Å². The van der Waals surface area contributed by atoms with E-state index in [9.17, 15) is 4.79 Å². The van der Waals surface area contributed by atoms with Gasteiger partial charge in [0.1, 0.15) is 5.78 Å². The van der Waals surface area contributed by atoms with Crippen molar-refractivity contribution in [2.24, 2.45) is 5.92 Å². The first-order valence-corrected chi connectivity index (χ1v) is 4.56. The van der Waals surface area contributed by atoms with Crippen molar-refractivity contribution in [3.63, 3.8) is 0 Å². The lowest BCUT2D eigenvalue weighted by molar-refractivity contribution is -0.121. The van der Waals surface area contributed by atoms with E-state index < -0.39 is 0 Å². The van der Waals surface area contributed by atoms with Crippen molar-refractivity contribution in [3.05, 3.63) is 11.8 Å². The van der Waals surface area contributed by atoms with Gasteiger partial charge < -0.3 is 4.74 Å². The van der Waals surface area contributed by atoms with Crippen LogP contribution in [0.4, 0.5) is 0 Å². The summed E-state index contributed by atoms with van der Waals surface area (Å²) in [6.45, 7) is 4.39. The maximum absolute atomic E-state index is 11.0. The molecule has 0 aromatic carbocycles. The Hall–Kier alpha value is -0.790. The van der Waals surface area contributed by atoms with Gasteiger partial charge in [0.25, 0.3) is 0 Å². The van der Waals surface area contributed by atoms with Crippen LogP contribution in [0.5, 0.6) is 0 Å². The van der Waals surface area contributed by atoms with E-state index in [4.69, 9.17) is 4.74 Å². The van der Waals surface area contributed by atoms with Gasteiger partial charge in [-0.15, -0.1) is 0 Å². The maximum Gasteiger partial charge on any atom is 0.133 e. The van der Waals surface area contributed by atoms with Crippen LogP contribution in [0, 0.1) is 5.92 Å². The van der Waals surface area contributed by atoms with E-state index in [0.717, 1.165) is 31.6 Å². The Labute approximate surface area is 73.6 Å². The highest BCUT2D eigenvalue weighted by atomic mass is 16.5. The summed E-state index contributed by atoms with van der Waals surface area (Å²) in [5, 5.41) is 0. The fraction of sp³-hybridized carbons (Fsp3) is 0.700. The Bertz CT molecular complexity index is 194. The zero-order valence-electron chi connectivity index (χ0n) is 7.80. The standard InChI is InChI=1S/C10H16O2/c1-3-12-10-6-4-9(5-7-10)8(2)11/h6,9H,3-5,7H2,1-2H3. The van der Waals surface area contributed by atoms with E-state index in [1.165, 1.54) is 0 Å². The van der Waals surface area contributed by atoms with Crippen molar-refractivity contribution in [3.8, 4) is 0 Å². The minimum absolute atomic E-state index is 0.245. The molecule has 1 aliphatic rings. The summed E-state index contributed by atoms with van der Waals surface area (Å²) in [4.78, 5) is 11.0. The molecule has 0 fully saturated rings. The number of carbonyl (C=O) groups excluding carboxylic acids is 1. The van der Waals surface area contributed by atoms with Crippen LogP contribution in [0.1, 0.15) is 33.1 Å². The number of ether oxygens (including phenoxy) is 1. The van der Waals surface area contributed by atoms with Crippen LogP contribution in [-0.2, 0) is 9.53 Å². The zero-order valence-corrected chi connectivity index (χ0v) is 7.80. The van der Waals surface area contributed by atoms with Crippen molar-refractivity contribution in [1.82, 2.24) is 0 Å². The highest BCUT2D eigenvalue weighted by Gasteiger charge is 2.18. The number of ketones is 1. The summed E-state index contributed by atoms with van der Waals surface area (Å²) in [5.74, 6) is 1.62. The predicted octanol–water partition coefficient (Wildman–Crippen LogP) is 2.30. The third-order valence-electron chi connectivity index (χ3n) is 2.27. The molecule has 68 valence electrons. The summed E-state index contributed by atoms with van der Waals surface area (Å²) >= 11 is 0. The van der Waals surface area contributed by atoms with Gasteiger partial charge in [0, 0.05) is 12.3 Å². The van der Waals surface area contributed by atoms with Crippen molar-refractivity contribution < 1.29 is 9.53 Å². The molecule has 0 N–H and O–H groups in total. The average molecular weight is 168 g/mol. The number of Topliss-reactive ketones (excluding diaryl/α,β-unsaturated/α-hetero) is 1. The highest BCUT2D eigenvalue weighted by molar-refractivity contribution is 5.78. The minimum atomic E-state index is 0.245. The van der Waals surface area contributed by atoms with Gasteiger partial charge >= 0.3 is 0 Å². The fourth-order valence-corrected chi connectivity index (χ4v) is 1.50. The molecule has 1 rings (SSSR count). The van der Waals surface area contributed by atoms with Crippen molar-refractivity contribution in [2.75, 3.05) is 6.61 Å². The average Bonchev–Trinajstić information content (AvgIpc) is 2.06. The molecule has 0 heterocycles. The first-order valence-electron chi connectivity index (χ1n) is 4.56. The molecule has 0 spiro atoms. The Morgan fingerprint density at radius 3 is 2.92 bits per heavy atom. The summed E-state index contributed by atoms with van der Waals surface area (Å²) in [6.07, 6.45) is 4.81. The number of allylic oxidation sites excluding steroid dienone is 2. The molecule has 0 radical (unpaired) electrons. The molecule has 2 heteroatoms. The second kappa shape index (κ2) is 4.29. The molecule has 0 amide bonds. The lowest BCUT2D eigenvalue weighted by Gasteiger charge is -2.19. The van der Waals surface area contributed by atoms with Gasteiger partial charge in [0.2, 0.25) is 0 Å². The second-order valence-electron chi connectivity index (χ2n) is 3.19. The molecule has 0 saturated heterocycles. The van der Waals surface area contributed by atoms with Gasteiger partial charge in [-0.25, -0.2) is 0 Å². The van der Waals surface area contributed by atoms with Crippen molar-refractivity contribution in [1.29, 1.82) is 0 Å². The van der Waals surface area contributed by atoms with E-state index in [-0.39, 0.29) is 5.92 Å². The molecule has 2 nitrogen and oxygen atoms in total. The third kappa shape index (κ3) is 2.36. The normalized spacial score (nSPS) is 23.2. The quantitative estimate of drug-likeness (QED) is 0.646. The second-order valence-corrected chi connectivity index (χ2v) is 3.19. The number of rotatable bonds is 3. The topological polar surface area (TPSA) is 26.3 Å². The van der Waals surface area contributed by atoms with Crippen LogP contribution >= 0.6 is 0 Å². The Morgan fingerprint density at radius 2 is 2.50 bits per heavy atom. The molecule has 0 aromatic heterocycles. The van der Waals surface area contributed by atoms with Crippen molar-refractivity contribution >= 4 is 5.78 Å². The van der Waals surface area contributed by atoms with Crippen LogP contribution in [0.2, 0.25) is 0 Å². The van der Waals surface area contributed by atoms with Gasteiger partial charge in [-0.05, 0) is 32.8 Å². The monoisotopic (exact) mass is 168 g/mol. The summed E-state index contributed by atoms with van der Waals surface area (Å²) in [5.41, 5.74) is 0. The molecule has 12 heavy (non-hydrogen) atoms. The van der Waals surface area contributed by atoms with Crippen LogP contribution in [0.25, 0.3) is 0 Å². The smallest absolute Gasteiger partial charge is 0.133 e. The molecular weight excluding hydrogens is 152 g/mol. The maximum atomic E-state index is 11.0. The molecule has 0 aromatic rings. The summed E-state index contributed by atoms with van der Waals surface area (Å²) in [7, 11) is 0. The third-order valence-corrected chi connectivity index (χ3v) is 2.27. The van der Waals surface area contributed by atoms with Gasteiger partial charge in [-0.2, -0.15) is 0 Å². The molecule has 1 aliphatic carbocycles. The highest BCUT2D eigenvalue weighted by Crippen LogP contribution is 2.24. The van der Waals surface area contributed by atoms with Crippen LogP contribution in [-0.4, -0.2) is 12.4 Å². The largest absolute Gasteiger partial charge is 0.499 e. The molecule has 1 atom stereocenters. The zero-order chi connectivity index (χ0) is 8.97. The summed E-state index contributed by atoms with van der Waals surface area (Å²) < 4.78 is 5.36. The molecule has 1 unspecified atom stereocenters. The molecule has 0 bridgehead atoms. The van der Waals surface area contributed by atoms with Crippen LogP contribution in [0.3, 0.4) is 0 Å². The molecule has 0 aliphatic heterocycles. The SMILES string of the molecule is CCOC1=CCC(C(C)=O)CC1.